The largest absolute Gasteiger partial charge is 0.354 e. The Bertz CT molecular complexity index is 1450. The van der Waals surface area contributed by atoms with Gasteiger partial charge in [0, 0.05) is 25.2 Å². The Hall–Kier alpha value is -4.25. The lowest BCUT2D eigenvalue weighted by atomic mass is 10.1. The number of hydrogen-bond donors (Lipinski definition) is 1. The molecule has 0 fully saturated rings. The molecule has 218 valence electrons. The number of nitrogens with one attached hydrogen (secondary N) is 1. The van der Waals surface area contributed by atoms with Crippen LogP contribution in [-0.2, 0) is 26.2 Å². The number of non-ortho nitro benzene ring substituents is 1. The molecule has 3 rings (SSSR count). The molecule has 0 aromatic heterocycles. The van der Waals surface area contributed by atoms with Crippen LogP contribution in [0.1, 0.15) is 44.2 Å². The number of unbranched alkanes of at least 4 members (excludes halogenated alkanes) is 1. The quantitative estimate of drug-likeness (QED) is 0.165. The molecule has 0 spiro atoms. The third-order valence-electron chi connectivity index (χ3n) is 6.61. The second kappa shape index (κ2) is 14.4. The van der Waals surface area contributed by atoms with Crippen molar-refractivity contribution in [2.75, 3.05) is 17.4 Å². The highest BCUT2D eigenvalue weighted by Crippen LogP contribution is 2.26. The number of nitro groups is 1. The van der Waals surface area contributed by atoms with Gasteiger partial charge in [0.2, 0.25) is 11.8 Å². The van der Waals surface area contributed by atoms with E-state index in [-0.39, 0.29) is 28.7 Å². The molecule has 0 aliphatic heterocycles. The van der Waals surface area contributed by atoms with E-state index in [1.54, 1.807) is 25.1 Å². The van der Waals surface area contributed by atoms with Crippen molar-refractivity contribution < 1.29 is 22.9 Å². The number of anilines is 1. The van der Waals surface area contributed by atoms with Gasteiger partial charge in [-0.1, -0.05) is 68.3 Å². The van der Waals surface area contributed by atoms with E-state index >= 15 is 0 Å². The average Bonchev–Trinajstić information content (AvgIpc) is 2.96. The molecule has 0 aliphatic carbocycles. The van der Waals surface area contributed by atoms with Crippen LogP contribution in [-0.4, -0.2) is 49.2 Å². The van der Waals surface area contributed by atoms with E-state index in [1.807, 2.05) is 38.1 Å². The van der Waals surface area contributed by atoms with E-state index in [0.717, 1.165) is 28.3 Å². The van der Waals surface area contributed by atoms with Crippen LogP contribution in [0.2, 0.25) is 0 Å². The Labute approximate surface area is 241 Å². The van der Waals surface area contributed by atoms with Crippen LogP contribution >= 0.6 is 0 Å². The molecule has 0 unspecified atom stereocenters. The number of amides is 2. The molecule has 0 saturated heterocycles. The van der Waals surface area contributed by atoms with Gasteiger partial charge in [-0.3, -0.25) is 24.0 Å². The second-order valence-electron chi connectivity index (χ2n) is 9.68. The van der Waals surface area contributed by atoms with E-state index in [1.165, 1.54) is 41.3 Å². The topological polar surface area (TPSA) is 130 Å². The Morgan fingerprint density at radius 3 is 2.24 bits per heavy atom. The summed E-state index contributed by atoms with van der Waals surface area (Å²) in [6, 6.07) is 19.3. The van der Waals surface area contributed by atoms with Crippen molar-refractivity contribution in [2.24, 2.45) is 0 Å². The number of carbonyl (C=O) groups excluding carboxylic acids is 2. The summed E-state index contributed by atoms with van der Waals surface area (Å²) in [5, 5.41) is 14.1. The number of nitrogens with zero attached hydrogens (tertiary/aromatic N) is 3. The zero-order chi connectivity index (χ0) is 30.0. The summed E-state index contributed by atoms with van der Waals surface area (Å²) in [5.74, 6) is -0.892. The van der Waals surface area contributed by atoms with E-state index in [9.17, 15) is 28.1 Å². The van der Waals surface area contributed by atoms with Gasteiger partial charge in [-0.2, -0.15) is 0 Å². The first kappa shape index (κ1) is 31.3. The fourth-order valence-corrected chi connectivity index (χ4v) is 5.86. The first-order valence-electron chi connectivity index (χ1n) is 13.5. The monoisotopic (exact) mass is 580 g/mol. The van der Waals surface area contributed by atoms with Crippen LogP contribution in [0.5, 0.6) is 0 Å². The van der Waals surface area contributed by atoms with Gasteiger partial charge in [0.05, 0.1) is 15.5 Å². The molecule has 0 heterocycles. The van der Waals surface area contributed by atoms with Gasteiger partial charge in [0.1, 0.15) is 12.6 Å². The summed E-state index contributed by atoms with van der Waals surface area (Å²) in [6.45, 7) is 5.69. The van der Waals surface area contributed by atoms with Gasteiger partial charge in [-0.05, 0) is 49.6 Å². The number of nitro benzene ring substituents is 1. The fourth-order valence-electron chi connectivity index (χ4n) is 4.42. The molecule has 41 heavy (non-hydrogen) atoms. The molecule has 0 saturated carbocycles. The van der Waals surface area contributed by atoms with Crippen LogP contribution in [0, 0.1) is 17.0 Å². The number of hydrogen-bond acceptors (Lipinski definition) is 6. The number of sulfonamides is 1. The predicted molar refractivity (Wildman–Crippen MR) is 158 cm³/mol. The molecule has 2 amide bonds. The lowest BCUT2D eigenvalue weighted by molar-refractivity contribution is -0.384. The van der Waals surface area contributed by atoms with Gasteiger partial charge in [-0.25, -0.2) is 8.42 Å². The summed E-state index contributed by atoms with van der Waals surface area (Å²) in [7, 11) is -4.25. The molecular formula is C30H36N4O6S. The third-order valence-corrected chi connectivity index (χ3v) is 8.40. The lowest BCUT2D eigenvalue weighted by Crippen LogP contribution is -2.52. The fraction of sp³-hybridized carbons (Fsp3) is 0.333. The Kier molecular flexibility index (Phi) is 11.0. The highest BCUT2D eigenvalue weighted by molar-refractivity contribution is 7.92. The predicted octanol–water partition coefficient (Wildman–Crippen LogP) is 4.82. The number of carbonyl (C=O) groups is 2. The van der Waals surface area contributed by atoms with Crippen LogP contribution in [0.4, 0.5) is 11.4 Å². The average molecular weight is 581 g/mol. The number of rotatable bonds is 14. The molecule has 10 nitrogen and oxygen atoms in total. The van der Waals surface area contributed by atoms with E-state index in [0.29, 0.717) is 13.0 Å². The molecule has 3 aromatic rings. The maximum atomic E-state index is 14.0. The van der Waals surface area contributed by atoms with Crippen molar-refractivity contribution in [1.82, 2.24) is 10.2 Å². The zero-order valence-corrected chi connectivity index (χ0v) is 24.3. The van der Waals surface area contributed by atoms with Crippen LogP contribution in [0.15, 0.2) is 83.8 Å². The molecule has 11 heteroatoms. The normalized spacial score (nSPS) is 11.9. The standard InChI is InChI=1S/C30H36N4O6S/c1-4-6-19-31-30(36)28(5-2)32(21-24-12-10-11-23(3)20-24)29(35)22-33(25-15-17-26(18-16-25)34(37)38)41(39,40)27-13-8-7-9-14-27/h7-18,20,28H,4-6,19,21-22H2,1-3H3,(H,31,36)/t28-/m1/s1. The SMILES string of the molecule is CCCCNC(=O)[C@@H](CC)N(Cc1cccc(C)c1)C(=O)CN(c1ccc([N+](=O)[O-])cc1)S(=O)(=O)c1ccccc1. The number of aryl methyl sites for hydroxylation is 1. The van der Waals surface area contributed by atoms with E-state index in [4.69, 9.17) is 0 Å². The number of benzene rings is 3. The molecular weight excluding hydrogens is 544 g/mol. The zero-order valence-electron chi connectivity index (χ0n) is 23.5. The van der Waals surface area contributed by atoms with Gasteiger partial charge >= 0.3 is 0 Å². The minimum Gasteiger partial charge on any atom is -0.354 e. The van der Waals surface area contributed by atoms with E-state index < -0.39 is 33.4 Å². The minimum atomic E-state index is -4.25. The maximum Gasteiger partial charge on any atom is 0.269 e. The van der Waals surface area contributed by atoms with E-state index in [2.05, 4.69) is 5.32 Å². The minimum absolute atomic E-state index is 0.0410. The molecule has 0 radical (unpaired) electrons. The lowest BCUT2D eigenvalue weighted by Gasteiger charge is -2.33. The van der Waals surface area contributed by atoms with Gasteiger partial charge in [-0.15, -0.1) is 0 Å². The third kappa shape index (κ3) is 8.14. The van der Waals surface area contributed by atoms with Crippen LogP contribution in [0.25, 0.3) is 0 Å². The Balaban J connectivity index is 2.04. The first-order chi connectivity index (χ1) is 19.6. The molecule has 0 bridgehead atoms. The molecule has 1 N–H and O–H groups in total. The highest BCUT2D eigenvalue weighted by atomic mass is 32.2. The Morgan fingerprint density at radius 2 is 1.66 bits per heavy atom. The second-order valence-corrected chi connectivity index (χ2v) is 11.5. The van der Waals surface area contributed by atoms with Crippen LogP contribution in [0.3, 0.4) is 0 Å². The summed E-state index contributed by atoms with van der Waals surface area (Å²) < 4.78 is 28.5. The van der Waals surface area contributed by atoms with Crippen molar-refractivity contribution in [2.45, 2.75) is 57.5 Å². The highest BCUT2D eigenvalue weighted by Gasteiger charge is 2.33. The molecule has 3 aromatic carbocycles. The van der Waals surface area contributed by atoms with Gasteiger partial charge < -0.3 is 10.2 Å². The Morgan fingerprint density at radius 1 is 0.976 bits per heavy atom. The summed E-state index contributed by atoms with van der Waals surface area (Å²) >= 11 is 0. The molecule has 0 aliphatic rings. The summed E-state index contributed by atoms with van der Waals surface area (Å²) in [4.78, 5) is 39.3. The van der Waals surface area contributed by atoms with Crippen LogP contribution < -0.4 is 9.62 Å². The summed E-state index contributed by atoms with van der Waals surface area (Å²) in [5.41, 5.74) is 1.65. The van der Waals surface area contributed by atoms with Crippen molar-refractivity contribution >= 4 is 33.2 Å². The van der Waals surface area contributed by atoms with Crippen molar-refractivity contribution in [3.8, 4) is 0 Å². The van der Waals surface area contributed by atoms with Crippen molar-refractivity contribution in [1.29, 1.82) is 0 Å². The smallest absolute Gasteiger partial charge is 0.269 e. The van der Waals surface area contributed by atoms with Gasteiger partial charge in [0.15, 0.2) is 0 Å². The van der Waals surface area contributed by atoms with Gasteiger partial charge in [0.25, 0.3) is 15.7 Å². The first-order valence-corrected chi connectivity index (χ1v) is 15.0. The van der Waals surface area contributed by atoms with Crippen molar-refractivity contribution in [3.05, 3.63) is 100 Å². The molecule has 1 atom stereocenters. The maximum absolute atomic E-state index is 14.0. The van der Waals surface area contributed by atoms with Crippen molar-refractivity contribution in [3.63, 3.8) is 0 Å². The summed E-state index contributed by atoms with van der Waals surface area (Å²) in [6.07, 6.45) is 2.00.